The number of aromatic hydroxyl groups is 2. The second-order valence-electron chi connectivity index (χ2n) is 6.48. The Morgan fingerprint density at radius 3 is 2.00 bits per heavy atom. The van der Waals surface area contributed by atoms with Gasteiger partial charge in [-0.2, -0.15) is 10.2 Å². The number of phenolic OH excluding ortho intramolecular Hbond substituents is 2. The summed E-state index contributed by atoms with van der Waals surface area (Å²) in [5.41, 5.74) is 6.73. The summed E-state index contributed by atoms with van der Waals surface area (Å²) < 4.78 is 1.56. The van der Waals surface area contributed by atoms with Gasteiger partial charge in [-0.3, -0.25) is 10.2 Å². The number of para-hydroxylation sites is 1. The first kappa shape index (κ1) is 24.4. The fourth-order valence-corrected chi connectivity index (χ4v) is 3.50. The quantitative estimate of drug-likeness (QED) is 0.161. The lowest BCUT2D eigenvalue weighted by Crippen LogP contribution is -2.26. The van der Waals surface area contributed by atoms with Crippen LogP contribution in [0.4, 0.5) is 5.69 Å². The van der Waals surface area contributed by atoms with Crippen molar-refractivity contribution in [3.8, 4) is 11.5 Å². The molecular formula is C22H17Br2N5O3S. The first-order chi connectivity index (χ1) is 15.8. The van der Waals surface area contributed by atoms with E-state index in [-0.39, 0.29) is 16.6 Å². The number of carbonyl (C=O) groups excluding carboxylic acids is 1. The maximum absolute atomic E-state index is 12.6. The minimum absolute atomic E-state index is 0.0337. The van der Waals surface area contributed by atoms with Crippen molar-refractivity contribution in [1.29, 1.82) is 0 Å². The molecule has 0 bridgehead atoms. The molecule has 0 heterocycles. The molecular weight excluding hydrogens is 574 g/mol. The topological polar surface area (TPSA) is 118 Å². The van der Waals surface area contributed by atoms with Crippen molar-refractivity contribution in [2.45, 2.75) is 0 Å². The number of carbonyl (C=O) groups is 1. The van der Waals surface area contributed by atoms with Crippen LogP contribution in [-0.4, -0.2) is 33.7 Å². The lowest BCUT2D eigenvalue weighted by molar-refractivity contribution is 0.0956. The summed E-state index contributed by atoms with van der Waals surface area (Å²) in [5.74, 6) is -0.373. The second-order valence-corrected chi connectivity index (χ2v) is 8.71. The molecule has 168 valence electrons. The minimum atomic E-state index is -0.478. The highest BCUT2D eigenvalue weighted by molar-refractivity contribution is 9.10. The second kappa shape index (κ2) is 11.5. The van der Waals surface area contributed by atoms with E-state index < -0.39 is 5.91 Å². The number of halogens is 2. The van der Waals surface area contributed by atoms with Crippen LogP contribution in [0.25, 0.3) is 0 Å². The molecule has 33 heavy (non-hydrogen) atoms. The van der Waals surface area contributed by atoms with Crippen molar-refractivity contribution in [3.05, 3.63) is 86.3 Å². The molecule has 0 aliphatic rings. The van der Waals surface area contributed by atoms with Gasteiger partial charge < -0.3 is 15.5 Å². The summed E-state index contributed by atoms with van der Waals surface area (Å²) in [4.78, 5) is 12.6. The molecule has 0 aromatic heterocycles. The van der Waals surface area contributed by atoms with Gasteiger partial charge >= 0.3 is 0 Å². The van der Waals surface area contributed by atoms with Crippen molar-refractivity contribution in [2.75, 3.05) is 5.32 Å². The molecule has 8 nitrogen and oxygen atoms in total. The SMILES string of the molecule is O=C(N/N=C/c1cc(Br)ccc1O)c1ccccc1NC(=S)N/N=C/c1cc(Br)ccc1O. The summed E-state index contributed by atoms with van der Waals surface area (Å²) in [7, 11) is 0. The highest BCUT2D eigenvalue weighted by atomic mass is 79.9. The van der Waals surface area contributed by atoms with Gasteiger partial charge in [0.1, 0.15) is 11.5 Å². The molecule has 0 fully saturated rings. The van der Waals surface area contributed by atoms with E-state index in [9.17, 15) is 15.0 Å². The number of benzene rings is 3. The molecule has 3 aromatic carbocycles. The first-order valence-electron chi connectivity index (χ1n) is 9.33. The van der Waals surface area contributed by atoms with Crippen LogP contribution < -0.4 is 16.2 Å². The number of hydrazone groups is 2. The molecule has 5 N–H and O–H groups in total. The van der Waals surface area contributed by atoms with E-state index in [2.05, 4.69) is 58.2 Å². The zero-order valence-electron chi connectivity index (χ0n) is 16.8. The summed E-state index contributed by atoms with van der Waals surface area (Å²) in [6.07, 6.45) is 2.76. The van der Waals surface area contributed by atoms with Gasteiger partial charge in [-0.15, -0.1) is 0 Å². The van der Waals surface area contributed by atoms with Crippen LogP contribution >= 0.6 is 44.1 Å². The smallest absolute Gasteiger partial charge is 0.273 e. The molecule has 3 aromatic rings. The van der Waals surface area contributed by atoms with Crippen molar-refractivity contribution >= 4 is 73.2 Å². The van der Waals surface area contributed by atoms with E-state index in [1.807, 2.05) is 0 Å². The van der Waals surface area contributed by atoms with Gasteiger partial charge in [0, 0.05) is 20.1 Å². The molecule has 3 rings (SSSR count). The van der Waals surface area contributed by atoms with Crippen molar-refractivity contribution in [1.82, 2.24) is 10.9 Å². The Morgan fingerprint density at radius 1 is 0.848 bits per heavy atom. The van der Waals surface area contributed by atoms with E-state index in [0.717, 1.165) is 8.95 Å². The van der Waals surface area contributed by atoms with Crippen LogP contribution in [0.15, 0.2) is 79.8 Å². The van der Waals surface area contributed by atoms with Crippen LogP contribution in [0.3, 0.4) is 0 Å². The number of thiocarbonyl (C=S) groups is 1. The Balaban J connectivity index is 1.63. The summed E-state index contributed by atoms with van der Waals surface area (Å²) in [6, 6.07) is 16.5. The van der Waals surface area contributed by atoms with E-state index in [1.165, 1.54) is 24.6 Å². The van der Waals surface area contributed by atoms with Gasteiger partial charge in [-0.05, 0) is 60.7 Å². The number of hydrogen-bond acceptors (Lipinski definition) is 6. The van der Waals surface area contributed by atoms with E-state index in [1.54, 1.807) is 48.5 Å². The lowest BCUT2D eigenvalue weighted by atomic mass is 10.1. The Bertz CT molecular complexity index is 1250. The highest BCUT2D eigenvalue weighted by Gasteiger charge is 2.11. The van der Waals surface area contributed by atoms with Crippen molar-refractivity contribution in [3.63, 3.8) is 0 Å². The molecule has 0 unspecified atom stereocenters. The van der Waals surface area contributed by atoms with Crippen LogP contribution in [0.1, 0.15) is 21.5 Å². The zero-order chi connectivity index (χ0) is 23.8. The fraction of sp³-hybridized carbons (Fsp3) is 0. The average molecular weight is 591 g/mol. The summed E-state index contributed by atoms with van der Waals surface area (Å²) >= 11 is 11.9. The zero-order valence-corrected chi connectivity index (χ0v) is 20.8. The van der Waals surface area contributed by atoms with Crippen molar-refractivity contribution in [2.24, 2.45) is 10.2 Å². The Kier molecular flexibility index (Phi) is 8.52. The van der Waals surface area contributed by atoms with E-state index >= 15 is 0 Å². The molecule has 11 heteroatoms. The summed E-state index contributed by atoms with van der Waals surface area (Å²) in [5, 5.41) is 30.6. The minimum Gasteiger partial charge on any atom is -0.507 e. The molecule has 0 aliphatic carbocycles. The Labute approximate surface area is 211 Å². The van der Waals surface area contributed by atoms with Gasteiger partial charge in [0.25, 0.3) is 5.91 Å². The van der Waals surface area contributed by atoms with E-state index in [0.29, 0.717) is 22.4 Å². The van der Waals surface area contributed by atoms with Gasteiger partial charge in [-0.25, -0.2) is 5.43 Å². The normalized spacial score (nSPS) is 11.0. The number of hydrogen-bond donors (Lipinski definition) is 5. The number of nitrogens with one attached hydrogen (secondary N) is 3. The number of anilines is 1. The van der Waals surface area contributed by atoms with Gasteiger partial charge in [0.15, 0.2) is 5.11 Å². The molecule has 1 amide bonds. The van der Waals surface area contributed by atoms with Crippen LogP contribution in [0.5, 0.6) is 11.5 Å². The average Bonchev–Trinajstić information content (AvgIpc) is 2.78. The number of amides is 1. The molecule has 0 saturated heterocycles. The third-order valence-electron chi connectivity index (χ3n) is 4.14. The number of rotatable bonds is 6. The highest BCUT2D eigenvalue weighted by Crippen LogP contribution is 2.21. The fourth-order valence-electron chi connectivity index (χ4n) is 2.58. The Morgan fingerprint density at radius 2 is 1.39 bits per heavy atom. The van der Waals surface area contributed by atoms with E-state index in [4.69, 9.17) is 12.2 Å². The lowest BCUT2D eigenvalue weighted by Gasteiger charge is -2.11. The van der Waals surface area contributed by atoms with Gasteiger partial charge in [0.05, 0.1) is 23.7 Å². The van der Waals surface area contributed by atoms with Gasteiger partial charge in [-0.1, -0.05) is 44.0 Å². The van der Waals surface area contributed by atoms with Crippen molar-refractivity contribution < 1.29 is 15.0 Å². The molecule has 0 saturated carbocycles. The molecule has 0 radical (unpaired) electrons. The third kappa shape index (κ3) is 7.11. The largest absolute Gasteiger partial charge is 0.507 e. The first-order valence-corrected chi connectivity index (χ1v) is 11.3. The predicted molar refractivity (Wildman–Crippen MR) is 140 cm³/mol. The third-order valence-corrected chi connectivity index (χ3v) is 5.32. The standard InChI is InChI=1S/C22H17Br2N5O3S/c23-15-5-7-19(30)13(9-15)11-25-28-21(32)17-3-1-2-4-18(17)27-22(33)29-26-12-14-10-16(24)6-8-20(14)31/h1-12,30-31H,(H,28,32)(H2,27,29,33)/b25-11+,26-12+. The van der Waals surface area contributed by atoms with Crippen LogP contribution in [0.2, 0.25) is 0 Å². The monoisotopic (exact) mass is 589 g/mol. The predicted octanol–water partition coefficient (Wildman–Crippen LogP) is 4.71. The number of phenols is 2. The van der Waals surface area contributed by atoms with Gasteiger partial charge in [0.2, 0.25) is 0 Å². The molecule has 0 atom stereocenters. The molecule has 0 aliphatic heterocycles. The maximum atomic E-state index is 12.6. The summed E-state index contributed by atoms with van der Waals surface area (Å²) in [6.45, 7) is 0. The van der Waals surface area contributed by atoms with Crippen LogP contribution in [-0.2, 0) is 0 Å². The van der Waals surface area contributed by atoms with Crippen LogP contribution in [0, 0.1) is 0 Å². The maximum Gasteiger partial charge on any atom is 0.273 e. The molecule has 0 spiro atoms. The Hall–Kier alpha value is -3.28. The number of nitrogens with zero attached hydrogens (tertiary/aromatic N) is 2.